The predicted molar refractivity (Wildman–Crippen MR) is 135 cm³/mol. The van der Waals surface area contributed by atoms with Crippen molar-refractivity contribution < 1.29 is 9.59 Å². The molecule has 0 fully saturated rings. The number of Topliss-reactive ketones (excluding diaryl/α,β-unsaturated/α-hetero) is 1. The lowest BCUT2D eigenvalue weighted by Crippen LogP contribution is -2.23. The second-order valence-electron chi connectivity index (χ2n) is 8.05. The number of nitrogens with one attached hydrogen (secondary N) is 1. The molecule has 1 amide bonds. The fraction of sp³-hybridized carbons (Fsp3) is 0.320. The van der Waals surface area contributed by atoms with Gasteiger partial charge in [-0.1, -0.05) is 49.4 Å². The number of carbonyl (C=O) groups is 2. The number of hydrogen-bond acceptors (Lipinski definition) is 6. The number of benzene rings is 2. The molecule has 1 N–H and O–H groups in total. The molecule has 0 saturated heterocycles. The van der Waals surface area contributed by atoms with Crippen molar-refractivity contribution in [3.05, 3.63) is 64.4 Å². The quantitative estimate of drug-likeness (QED) is 0.204. The summed E-state index contributed by atoms with van der Waals surface area (Å²) in [7, 11) is 0. The van der Waals surface area contributed by atoms with Crippen LogP contribution in [0.25, 0.3) is 16.7 Å². The zero-order valence-corrected chi connectivity index (χ0v) is 20.1. The maximum absolute atomic E-state index is 13.0. The highest BCUT2D eigenvalue weighted by Crippen LogP contribution is 2.23. The van der Waals surface area contributed by atoms with Crippen LogP contribution >= 0.6 is 11.8 Å². The minimum absolute atomic E-state index is 0.0528. The molecule has 0 radical (unpaired) electrons. The van der Waals surface area contributed by atoms with Crippen molar-refractivity contribution in [2.24, 2.45) is 0 Å². The summed E-state index contributed by atoms with van der Waals surface area (Å²) in [5.41, 5.74) is 1.76. The van der Waals surface area contributed by atoms with Crippen molar-refractivity contribution in [2.45, 2.75) is 51.2 Å². The SMILES string of the molecule is CCCCn1c(=O)c2ccccc2n2c(SCCCC(=O)Nc3ccccc3C(C)=O)nnc12. The number of hydrogen-bond donors (Lipinski definition) is 1. The minimum atomic E-state index is -0.140. The van der Waals surface area contributed by atoms with Gasteiger partial charge in [0.05, 0.1) is 16.6 Å². The molecule has 0 aliphatic rings. The minimum Gasteiger partial charge on any atom is -0.325 e. The largest absolute Gasteiger partial charge is 0.325 e. The van der Waals surface area contributed by atoms with Crippen LogP contribution in [0.4, 0.5) is 5.69 Å². The van der Waals surface area contributed by atoms with Crippen LogP contribution in [0.1, 0.15) is 49.9 Å². The van der Waals surface area contributed by atoms with Crippen molar-refractivity contribution >= 4 is 45.8 Å². The fourth-order valence-electron chi connectivity index (χ4n) is 3.85. The molecule has 176 valence electrons. The van der Waals surface area contributed by atoms with Crippen LogP contribution in [0.5, 0.6) is 0 Å². The van der Waals surface area contributed by atoms with Gasteiger partial charge in [-0.25, -0.2) is 0 Å². The van der Waals surface area contributed by atoms with Crippen LogP contribution in [-0.4, -0.2) is 36.6 Å². The molecule has 2 aromatic carbocycles. The van der Waals surface area contributed by atoms with E-state index >= 15 is 0 Å². The highest BCUT2D eigenvalue weighted by molar-refractivity contribution is 7.99. The van der Waals surface area contributed by atoms with E-state index in [1.165, 1.54) is 18.7 Å². The number of anilines is 1. The van der Waals surface area contributed by atoms with Crippen LogP contribution in [-0.2, 0) is 11.3 Å². The van der Waals surface area contributed by atoms with Gasteiger partial charge in [0.15, 0.2) is 10.9 Å². The van der Waals surface area contributed by atoms with Gasteiger partial charge in [0.25, 0.3) is 5.56 Å². The summed E-state index contributed by atoms with van der Waals surface area (Å²) in [5.74, 6) is 0.970. The van der Waals surface area contributed by atoms with Gasteiger partial charge in [-0.2, -0.15) is 0 Å². The molecular formula is C25H27N5O3S. The summed E-state index contributed by atoms with van der Waals surface area (Å²) in [6.45, 7) is 4.16. The zero-order valence-electron chi connectivity index (χ0n) is 19.3. The molecule has 0 spiro atoms. The van der Waals surface area contributed by atoms with E-state index in [0.717, 1.165) is 18.4 Å². The number of aryl methyl sites for hydroxylation is 1. The lowest BCUT2D eigenvalue weighted by molar-refractivity contribution is -0.116. The molecule has 0 atom stereocenters. The summed E-state index contributed by atoms with van der Waals surface area (Å²) >= 11 is 1.51. The van der Waals surface area contributed by atoms with E-state index in [9.17, 15) is 14.4 Å². The maximum Gasteiger partial charge on any atom is 0.262 e. The van der Waals surface area contributed by atoms with Crippen LogP contribution < -0.4 is 10.9 Å². The Kier molecular flexibility index (Phi) is 7.42. The number of thioether (sulfide) groups is 1. The molecule has 0 aliphatic heterocycles. The summed E-state index contributed by atoms with van der Waals surface area (Å²) in [6, 6.07) is 14.5. The van der Waals surface area contributed by atoms with Crippen LogP contribution in [0.2, 0.25) is 0 Å². The number of ketones is 1. The summed E-state index contributed by atoms with van der Waals surface area (Å²) < 4.78 is 3.63. The third-order valence-electron chi connectivity index (χ3n) is 5.57. The predicted octanol–water partition coefficient (Wildman–Crippen LogP) is 4.56. The van der Waals surface area contributed by atoms with E-state index in [2.05, 4.69) is 22.4 Å². The van der Waals surface area contributed by atoms with Crippen LogP contribution in [0.3, 0.4) is 0 Å². The maximum atomic E-state index is 13.0. The number of rotatable bonds is 10. The van der Waals surface area contributed by atoms with E-state index in [1.807, 2.05) is 28.7 Å². The second-order valence-corrected chi connectivity index (χ2v) is 9.11. The Morgan fingerprint density at radius 1 is 1.03 bits per heavy atom. The van der Waals surface area contributed by atoms with E-state index < -0.39 is 0 Å². The first-order valence-corrected chi connectivity index (χ1v) is 12.4. The van der Waals surface area contributed by atoms with Gasteiger partial charge in [0.2, 0.25) is 11.7 Å². The molecule has 34 heavy (non-hydrogen) atoms. The Balaban J connectivity index is 1.47. The molecule has 0 unspecified atom stereocenters. The average molecular weight is 478 g/mol. The Labute approximate surface area is 201 Å². The molecule has 9 heteroatoms. The van der Waals surface area contributed by atoms with Gasteiger partial charge in [-0.15, -0.1) is 10.2 Å². The van der Waals surface area contributed by atoms with Crippen molar-refractivity contribution in [1.29, 1.82) is 0 Å². The van der Waals surface area contributed by atoms with E-state index in [-0.39, 0.29) is 17.2 Å². The molecule has 2 aromatic heterocycles. The Morgan fingerprint density at radius 3 is 2.59 bits per heavy atom. The molecule has 2 heterocycles. The monoisotopic (exact) mass is 477 g/mol. The smallest absolute Gasteiger partial charge is 0.262 e. The molecule has 4 rings (SSSR count). The van der Waals surface area contributed by atoms with Gasteiger partial charge < -0.3 is 5.32 Å². The van der Waals surface area contributed by atoms with E-state index in [1.54, 1.807) is 28.8 Å². The van der Waals surface area contributed by atoms with Gasteiger partial charge in [-0.3, -0.25) is 23.4 Å². The fourth-order valence-corrected chi connectivity index (χ4v) is 4.73. The lowest BCUT2D eigenvalue weighted by atomic mass is 10.1. The van der Waals surface area contributed by atoms with Crippen molar-refractivity contribution in [2.75, 3.05) is 11.1 Å². The third kappa shape index (κ3) is 4.89. The molecule has 0 aliphatic carbocycles. The molecule has 4 aromatic rings. The molecule has 8 nitrogen and oxygen atoms in total. The number of fused-ring (bicyclic) bond motifs is 3. The number of nitrogens with zero attached hydrogens (tertiary/aromatic N) is 4. The molecular weight excluding hydrogens is 450 g/mol. The van der Waals surface area contributed by atoms with Gasteiger partial charge in [0.1, 0.15) is 0 Å². The first-order valence-electron chi connectivity index (χ1n) is 11.4. The first kappa shape index (κ1) is 23.7. The number of para-hydroxylation sites is 2. The van der Waals surface area contributed by atoms with Crippen molar-refractivity contribution in [3.63, 3.8) is 0 Å². The molecule has 0 bridgehead atoms. The zero-order chi connectivity index (χ0) is 24.1. The third-order valence-corrected chi connectivity index (χ3v) is 6.59. The van der Waals surface area contributed by atoms with E-state index in [4.69, 9.17) is 0 Å². The second kappa shape index (κ2) is 10.6. The summed E-state index contributed by atoms with van der Waals surface area (Å²) in [5, 5.41) is 12.8. The Bertz CT molecular complexity index is 1410. The normalized spacial score (nSPS) is 11.2. The van der Waals surface area contributed by atoms with Crippen molar-refractivity contribution in [1.82, 2.24) is 19.2 Å². The van der Waals surface area contributed by atoms with Gasteiger partial charge in [-0.05, 0) is 44.0 Å². The van der Waals surface area contributed by atoms with Crippen molar-refractivity contribution in [3.8, 4) is 0 Å². The first-order chi connectivity index (χ1) is 16.5. The number of amides is 1. The average Bonchev–Trinajstić information content (AvgIpc) is 3.26. The van der Waals surface area contributed by atoms with Crippen LogP contribution in [0, 0.1) is 0 Å². The summed E-state index contributed by atoms with van der Waals surface area (Å²) in [6.07, 6.45) is 2.80. The van der Waals surface area contributed by atoms with E-state index in [0.29, 0.717) is 52.7 Å². The number of carbonyl (C=O) groups excluding carboxylic acids is 2. The Hall–Kier alpha value is -3.46. The van der Waals surface area contributed by atoms with Crippen LogP contribution in [0.15, 0.2) is 58.5 Å². The standard InChI is InChI=1S/C25H27N5O3S/c1-3-4-15-29-23(33)19-11-6-8-13-21(19)30-24(29)27-28-25(30)34-16-9-14-22(32)26-20-12-7-5-10-18(20)17(2)31/h5-8,10-13H,3-4,9,14-16H2,1-2H3,(H,26,32). The topological polar surface area (TPSA) is 98.4 Å². The Morgan fingerprint density at radius 2 is 1.79 bits per heavy atom. The highest BCUT2D eigenvalue weighted by Gasteiger charge is 2.16. The van der Waals surface area contributed by atoms with Gasteiger partial charge in [0, 0.05) is 24.3 Å². The number of unbranched alkanes of at least 4 members (excludes halogenated alkanes) is 1. The molecule has 0 saturated carbocycles. The highest BCUT2D eigenvalue weighted by atomic mass is 32.2. The lowest BCUT2D eigenvalue weighted by Gasteiger charge is -2.11. The summed E-state index contributed by atoms with van der Waals surface area (Å²) in [4.78, 5) is 37.2. The number of aromatic nitrogens is 4. The van der Waals surface area contributed by atoms with Gasteiger partial charge >= 0.3 is 0 Å².